The lowest BCUT2D eigenvalue weighted by Crippen LogP contribution is -2.13. The van der Waals surface area contributed by atoms with E-state index in [4.69, 9.17) is 21.1 Å². The first-order chi connectivity index (χ1) is 6.85. The summed E-state index contributed by atoms with van der Waals surface area (Å²) in [5, 5.41) is 0. The first-order valence-electron chi connectivity index (χ1n) is 5.51. The van der Waals surface area contributed by atoms with Crippen molar-refractivity contribution < 1.29 is 9.47 Å². The Morgan fingerprint density at radius 3 is 2.43 bits per heavy atom. The smallest absolute Gasteiger partial charge is 0.146 e. The SMILES string of the molecule is CCC(CCCCCCCl)OCOC. The fourth-order valence-electron chi connectivity index (χ4n) is 1.39. The molecule has 1 atom stereocenters. The van der Waals surface area contributed by atoms with Crippen LogP contribution in [0.5, 0.6) is 0 Å². The molecule has 0 rings (SSSR count). The first-order valence-corrected chi connectivity index (χ1v) is 6.05. The summed E-state index contributed by atoms with van der Waals surface area (Å²) in [7, 11) is 1.66. The summed E-state index contributed by atoms with van der Waals surface area (Å²) in [5.74, 6) is 0.789. The van der Waals surface area contributed by atoms with Crippen molar-refractivity contribution in [2.24, 2.45) is 0 Å². The molecule has 2 nitrogen and oxygen atoms in total. The molecule has 1 unspecified atom stereocenters. The van der Waals surface area contributed by atoms with E-state index in [9.17, 15) is 0 Å². The molecule has 0 heterocycles. The molecular formula is C11H23ClO2. The molecule has 0 aromatic rings. The van der Waals surface area contributed by atoms with Crippen molar-refractivity contribution in [2.75, 3.05) is 19.8 Å². The highest BCUT2D eigenvalue weighted by Crippen LogP contribution is 2.11. The number of hydrogen-bond acceptors (Lipinski definition) is 2. The quantitative estimate of drug-likeness (QED) is 0.320. The standard InChI is InChI=1S/C11H23ClO2/c1-3-11(14-10-13-2)8-6-4-5-7-9-12/h11H,3-10H2,1-2H3. The third kappa shape index (κ3) is 8.79. The molecule has 0 bridgehead atoms. The van der Waals surface area contributed by atoms with Gasteiger partial charge in [0.25, 0.3) is 0 Å². The van der Waals surface area contributed by atoms with E-state index in [2.05, 4.69) is 6.92 Å². The van der Waals surface area contributed by atoms with E-state index in [0.29, 0.717) is 12.9 Å². The topological polar surface area (TPSA) is 18.5 Å². The van der Waals surface area contributed by atoms with Gasteiger partial charge < -0.3 is 9.47 Å². The van der Waals surface area contributed by atoms with Crippen molar-refractivity contribution in [2.45, 2.75) is 51.6 Å². The highest BCUT2D eigenvalue weighted by Gasteiger charge is 2.05. The molecule has 0 fully saturated rings. The van der Waals surface area contributed by atoms with Gasteiger partial charge in [0.05, 0.1) is 6.10 Å². The maximum absolute atomic E-state index is 5.60. The fourth-order valence-corrected chi connectivity index (χ4v) is 1.58. The van der Waals surface area contributed by atoms with Gasteiger partial charge in [-0.25, -0.2) is 0 Å². The minimum absolute atomic E-state index is 0.367. The third-order valence-corrected chi connectivity index (χ3v) is 2.55. The van der Waals surface area contributed by atoms with E-state index in [1.54, 1.807) is 7.11 Å². The lowest BCUT2D eigenvalue weighted by molar-refractivity contribution is -0.0754. The minimum atomic E-state index is 0.367. The maximum atomic E-state index is 5.60. The second-order valence-corrected chi connectivity index (χ2v) is 3.87. The molecule has 0 aliphatic rings. The van der Waals surface area contributed by atoms with Crippen molar-refractivity contribution in [3.8, 4) is 0 Å². The van der Waals surface area contributed by atoms with Gasteiger partial charge in [-0.3, -0.25) is 0 Å². The zero-order valence-corrected chi connectivity index (χ0v) is 10.2. The highest BCUT2D eigenvalue weighted by molar-refractivity contribution is 6.17. The van der Waals surface area contributed by atoms with Crippen molar-refractivity contribution in [3.63, 3.8) is 0 Å². The molecule has 14 heavy (non-hydrogen) atoms. The van der Waals surface area contributed by atoms with Crippen LogP contribution in [0.1, 0.15) is 45.4 Å². The number of methoxy groups -OCH3 is 1. The largest absolute Gasteiger partial charge is 0.359 e. The number of ether oxygens (including phenoxy) is 2. The van der Waals surface area contributed by atoms with Crippen molar-refractivity contribution in [1.82, 2.24) is 0 Å². The van der Waals surface area contributed by atoms with Crippen LogP contribution in [-0.2, 0) is 9.47 Å². The van der Waals surface area contributed by atoms with Crippen LogP contribution in [0.25, 0.3) is 0 Å². The number of halogens is 1. The maximum Gasteiger partial charge on any atom is 0.146 e. The first kappa shape index (κ1) is 14.2. The van der Waals surface area contributed by atoms with Gasteiger partial charge in [0.1, 0.15) is 6.79 Å². The molecule has 0 N–H and O–H groups in total. The van der Waals surface area contributed by atoms with Crippen molar-refractivity contribution in [1.29, 1.82) is 0 Å². The Morgan fingerprint density at radius 2 is 1.86 bits per heavy atom. The van der Waals surface area contributed by atoms with Gasteiger partial charge in [-0.15, -0.1) is 11.6 Å². The summed E-state index contributed by atoms with van der Waals surface area (Å²) in [6.07, 6.45) is 7.45. The average Bonchev–Trinajstić information content (AvgIpc) is 2.22. The van der Waals surface area contributed by atoms with Gasteiger partial charge >= 0.3 is 0 Å². The molecule has 0 radical (unpaired) electrons. The van der Waals surface area contributed by atoms with E-state index in [1.807, 2.05) is 0 Å². The van der Waals surface area contributed by atoms with Gasteiger partial charge in [0, 0.05) is 13.0 Å². The van der Waals surface area contributed by atoms with Crippen LogP contribution in [0, 0.1) is 0 Å². The molecule has 0 saturated carbocycles. The lowest BCUT2D eigenvalue weighted by atomic mass is 10.1. The molecule has 0 saturated heterocycles. The van der Waals surface area contributed by atoms with Gasteiger partial charge in [0.15, 0.2) is 0 Å². The Balaban J connectivity index is 3.24. The predicted octanol–water partition coefficient (Wildman–Crippen LogP) is 3.57. The van der Waals surface area contributed by atoms with Crippen LogP contribution in [0.4, 0.5) is 0 Å². The molecule has 0 spiro atoms. The zero-order chi connectivity index (χ0) is 10.6. The molecular weight excluding hydrogens is 200 g/mol. The molecule has 86 valence electrons. The van der Waals surface area contributed by atoms with E-state index in [0.717, 1.165) is 25.1 Å². The zero-order valence-electron chi connectivity index (χ0n) is 9.43. The van der Waals surface area contributed by atoms with Gasteiger partial charge in [-0.1, -0.05) is 26.2 Å². The van der Waals surface area contributed by atoms with E-state index in [-0.39, 0.29) is 0 Å². The number of unbranched alkanes of at least 4 members (excludes halogenated alkanes) is 3. The molecule has 0 aliphatic carbocycles. The Morgan fingerprint density at radius 1 is 1.14 bits per heavy atom. The van der Waals surface area contributed by atoms with E-state index >= 15 is 0 Å². The molecule has 0 aliphatic heterocycles. The fraction of sp³-hybridized carbons (Fsp3) is 1.00. The highest BCUT2D eigenvalue weighted by atomic mass is 35.5. The van der Waals surface area contributed by atoms with E-state index < -0.39 is 0 Å². The van der Waals surface area contributed by atoms with Crippen LogP contribution in [-0.4, -0.2) is 25.9 Å². The summed E-state index contributed by atoms with van der Waals surface area (Å²) in [6, 6.07) is 0. The van der Waals surface area contributed by atoms with Crippen molar-refractivity contribution in [3.05, 3.63) is 0 Å². The summed E-state index contributed by atoms with van der Waals surface area (Å²) >= 11 is 5.60. The van der Waals surface area contributed by atoms with Crippen LogP contribution < -0.4 is 0 Å². The Hall–Kier alpha value is 0.210. The third-order valence-electron chi connectivity index (χ3n) is 2.29. The van der Waals surface area contributed by atoms with Crippen LogP contribution >= 0.6 is 11.6 Å². The number of hydrogen-bond donors (Lipinski definition) is 0. The Kier molecular flexibility index (Phi) is 11.5. The van der Waals surface area contributed by atoms with Crippen LogP contribution in [0.2, 0.25) is 0 Å². The predicted molar refractivity (Wildman–Crippen MR) is 60.8 cm³/mol. The summed E-state index contributed by atoms with van der Waals surface area (Å²) in [4.78, 5) is 0. The molecule has 3 heteroatoms. The van der Waals surface area contributed by atoms with Gasteiger partial charge in [-0.2, -0.15) is 0 Å². The van der Waals surface area contributed by atoms with Gasteiger partial charge in [-0.05, 0) is 19.3 Å². The second-order valence-electron chi connectivity index (χ2n) is 3.50. The molecule has 0 aromatic carbocycles. The second kappa shape index (κ2) is 11.3. The number of rotatable bonds is 10. The van der Waals surface area contributed by atoms with Crippen LogP contribution in [0.15, 0.2) is 0 Å². The Labute approximate surface area is 92.9 Å². The van der Waals surface area contributed by atoms with Crippen molar-refractivity contribution >= 4 is 11.6 Å². The minimum Gasteiger partial charge on any atom is -0.359 e. The monoisotopic (exact) mass is 222 g/mol. The molecule has 0 aromatic heterocycles. The summed E-state index contributed by atoms with van der Waals surface area (Å²) in [5.41, 5.74) is 0. The number of alkyl halides is 1. The Bertz CT molecular complexity index is 109. The lowest BCUT2D eigenvalue weighted by Gasteiger charge is -2.14. The summed E-state index contributed by atoms with van der Waals surface area (Å²) in [6.45, 7) is 2.57. The molecule has 0 amide bonds. The normalized spacial score (nSPS) is 13.1. The average molecular weight is 223 g/mol. The summed E-state index contributed by atoms with van der Waals surface area (Å²) < 4.78 is 10.4. The van der Waals surface area contributed by atoms with E-state index in [1.165, 1.54) is 19.3 Å². The van der Waals surface area contributed by atoms with Crippen LogP contribution in [0.3, 0.4) is 0 Å². The van der Waals surface area contributed by atoms with Gasteiger partial charge in [0.2, 0.25) is 0 Å².